The fourth-order valence-electron chi connectivity index (χ4n) is 3.38. The normalized spacial score (nSPS) is 16.8. The van der Waals surface area contributed by atoms with Crippen molar-refractivity contribution in [3.05, 3.63) is 46.9 Å². The Morgan fingerprint density at radius 3 is 2.57 bits per heavy atom. The van der Waals surface area contributed by atoms with E-state index in [0.717, 1.165) is 42.8 Å². The summed E-state index contributed by atoms with van der Waals surface area (Å²) >= 11 is 0. The van der Waals surface area contributed by atoms with Gasteiger partial charge < -0.3 is 14.7 Å². The minimum absolute atomic E-state index is 0.126. The summed E-state index contributed by atoms with van der Waals surface area (Å²) in [6, 6.07) is 13.6. The molecule has 8 heteroatoms. The number of ether oxygens (including phenoxy) is 1. The van der Waals surface area contributed by atoms with Crippen molar-refractivity contribution in [2.24, 2.45) is 0 Å². The number of hydrogen-bond acceptors (Lipinski definition) is 6. The molecule has 0 amide bonds. The second-order valence-electron chi connectivity index (χ2n) is 7.33. The Bertz CT molecular complexity index is 1080. The summed E-state index contributed by atoms with van der Waals surface area (Å²) in [7, 11) is -4.01. The van der Waals surface area contributed by atoms with Gasteiger partial charge in [0.05, 0.1) is 19.3 Å². The van der Waals surface area contributed by atoms with Gasteiger partial charge in [0.25, 0.3) is 10.0 Å². The van der Waals surface area contributed by atoms with Gasteiger partial charge in [-0.25, -0.2) is 13.1 Å². The van der Waals surface area contributed by atoms with Crippen molar-refractivity contribution in [2.75, 3.05) is 37.7 Å². The number of allylic oxidation sites excluding steroid dienone is 2. The van der Waals surface area contributed by atoms with Crippen LogP contribution >= 0.6 is 0 Å². The molecule has 0 aromatic heterocycles. The van der Waals surface area contributed by atoms with E-state index in [1.807, 2.05) is 36.4 Å². The lowest BCUT2D eigenvalue weighted by Gasteiger charge is -2.29. The molecule has 1 atom stereocenters. The van der Waals surface area contributed by atoms with Crippen LogP contribution in [-0.2, 0) is 14.8 Å². The molecule has 2 N–H and O–H groups in total. The van der Waals surface area contributed by atoms with Crippen LogP contribution in [0.5, 0.6) is 0 Å². The molecule has 1 saturated heterocycles. The Balaban J connectivity index is 1.91. The number of nitrogens with zero attached hydrogens (tertiary/aromatic N) is 2. The minimum Gasteiger partial charge on any atom is -0.392 e. The Morgan fingerprint density at radius 1 is 1.23 bits per heavy atom. The predicted octanol–water partition coefficient (Wildman–Crippen LogP) is 2.62. The number of morpholine rings is 1. The van der Waals surface area contributed by atoms with Gasteiger partial charge in [-0.1, -0.05) is 25.1 Å². The molecular weight excluding hydrogens is 402 g/mol. The third-order valence-corrected chi connectivity index (χ3v) is 6.81. The Labute approximate surface area is 177 Å². The van der Waals surface area contributed by atoms with Gasteiger partial charge in [0.1, 0.15) is 6.07 Å². The van der Waals surface area contributed by atoms with Crippen LogP contribution in [-0.4, -0.2) is 52.5 Å². The molecule has 0 radical (unpaired) electrons. The zero-order valence-electron chi connectivity index (χ0n) is 17.3. The smallest absolute Gasteiger partial charge is 0.251 e. The number of anilines is 1. The maximum Gasteiger partial charge on any atom is 0.251 e. The molecule has 1 fully saturated rings. The Hall–Kier alpha value is -2.44. The maximum atomic E-state index is 12.6. The maximum absolute atomic E-state index is 12.6. The van der Waals surface area contributed by atoms with Gasteiger partial charge in [-0.05, 0) is 53.5 Å². The highest BCUT2D eigenvalue weighted by atomic mass is 32.2. The average molecular weight is 430 g/mol. The number of hydrogen-bond donors (Lipinski definition) is 2. The molecule has 2 aromatic rings. The fourth-order valence-corrected chi connectivity index (χ4v) is 4.58. The summed E-state index contributed by atoms with van der Waals surface area (Å²) in [5.41, 5.74) is 2.17. The van der Waals surface area contributed by atoms with Crippen LogP contribution in [0.2, 0.25) is 0 Å². The quantitative estimate of drug-likeness (QED) is 0.656. The van der Waals surface area contributed by atoms with E-state index in [1.54, 1.807) is 13.8 Å². The molecule has 1 aliphatic heterocycles. The molecule has 3 rings (SSSR count). The minimum atomic E-state index is -4.01. The molecule has 30 heavy (non-hydrogen) atoms. The van der Waals surface area contributed by atoms with E-state index in [2.05, 4.69) is 15.7 Å². The largest absolute Gasteiger partial charge is 0.392 e. The van der Waals surface area contributed by atoms with Crippen molar-refractivity contribution in [3.63, 3.8) is 0 Å². The summed E-state index contributed by atoms with van der Waals surface area (Å²) < 4.78 is 32.8. The first-order valence-corrected chi connectivity index (χ1v) is 11.5. The van der Waals surface area contributed by atoms with Crippen LogP contribution in [0.1, 0.15) is 25.8 Å². The Morgan fingerprint density at radius 2 is 1.90 bits per heavy atom. The first-order valence-electron chi connectivity index (χ1n) is 10.0. The molecule has 0 spiro atoms. The third-order valence-electron chi connectivity index (χ3n) is 5.32. The summed E-state index contributed by atoms with van der Waals surface area (Å²) in [5.74, 6) is 0. The molecule has 0 saturated carbocycles. The van der Waals surface area contributed by atoms with Crippen LogP contribution in [0.3, 0.4) is 0 Å². The summed E-state index contributed by atoms with van der Waals surface area (Å²) in [5, 5.41) is 21.1. The van der Waals surface area contributed by atoms with Crippen molar-refractivity contribution in [3.8, 4) is 6.07 Å². The van der Waals surface area contributed by atoms with Crippen LogP contribution < -0.4 is 9.62 Å². The lowest BCUT2D eigenvalue weighted by Crippen LogP contribution is -2.36. The average Bonchev–Trinajstić information content (AvgIpc) is 2.77. The zero-order valence-corrected chi connectivity index (χ0v) is 18.1. The van der Waals surface area contributed by atoms with Gasteiger partial charge in [-0.15, -0.1) is 0 Å². The number of sulfonamides is 1. The van der Waals surface area contributed by atoms with Gasteiger partial charge in [-0.2, -0.15) is 5.26 Å². The molecule has 0 bridgehead atoms. The van der Waals surface area contributed by atoms with Crippen LogP contribution in [0.15, 0.2) is 41.3 Å². The van der Waals surface area contributed by atoms with Crippen LogP contribution in [0.25, 0.3) is 16.3 Å². The zero-order chi connectivity index (χ0) is 21.7. The van der Waals surface area contributed by atoms with Crippen molar-refractivity contribution in [2.45, 2.75) is 26.4 Å². The number of fused-ring (bicyclic) bond motifs is 1. The van der Waals surface area contributed by atoms with Crippen molar-refractivity contribution >= 4 is 32.1 Å². The molecule has 2 aromatic carbocycles. The highest BCUT2D eigenvalue weighted by Gasteiger charge is 2.22. The van der Waals surface area contributed by atoms with E-state index in [4.69, 9.17) is 4.74 Å². The van der Waals surface area contributed by atoms with Crippen molar-refractivity contribution in [1.29, 1.82) is 5.26 Å². The monoisotopic (exact) mass is 429 g/mol. The van der Waals surface area contributed by atoms with E-state index in [9.17, 15) is 18.8 Å². The number of aliphatic hydroxyl groups is 1. The van der Waals surface area contributed by atoms with Gasteiger partial charge in [0, 0.05) is 25.3 Å². The number of benzene rings is 2. The molecule has 7 nitrogen and oxygen atoms in total. The van der Waals surface area contributed by atoms with Crippen molar-refractivity contribution < 1.29 is 18.3 Å². The predicted molar refractivity (Wildman–Crippen MR) is 118 cm³/mol. The lowest BCUT2D eigenvalue weighted by molar-refractivity contribution is 0.122. The van der Waals surface area contributed by atoms with E-state index in [-0.39, 0.29) is 11.4 Å². The molecule has 160 valence electrons. The topological polar surface area (TPSA) is 103 Å². The highest BCUT2D eigenvalue weighted by Crippen LogP contribution is 2.28. The molecule has 0 aliphatic carbocycles. The number of nitriles is 1. The van der Waals surface area contributed by atoms with Crippen LogP contribution in [0.4, 0.5) is 5.69 Å². The SMILES string of the molecule is CCC(O)CNS(=O)(=O)/C(C#N)=C(\C)c1ccc2cc(N3CCOCC3)ccc2c1. The highest BCUT2D eigenvalue weighted by molar-refractivity contribution is 7.93. The first-order chi connectivity index (χ1) is 14.4. The lowest BCUT2D eigenvalue weighted by atomic mass is 10.0. The van der Waals surface area contributed by atoms with Gasteiger partial charge in [-0.3, -0.25) is 0 Å². The second kappa shape index (κ2) is 9.58. The van der Waals surface area contributed by atoms with E-state index in [1.165, 1.54) is 0 Å². The number of nitrogens with one attached hydrogen (secondary N) is 1. The van der Waals surface area contributed by atoms with Gasteiger partial charge in [0.15, 0.2) is 4.91 Å². The standard InChI is InChI=1S/C22H27N3O4S/c1-3-21(26)15-24-30(27,28)22(14-23)16(2)17-4-5-19-13-20(7-6-18(19)12-17)25-8-10-29-11-9-25/h4-7,12-13,21,24,26H,3,8-11,15H2,1-2H3/b22-16+. The second-order valence-corrected chi connectivity index (χ2v) is 9.03. The number of rotatable bonds is 7. The Kier molecular flexibility index (Phi) is 7.10. The molecule has 1 aliphatic rings. The van der Waals surface area contributed by atoms with E-state index >= 15 is 0 Å². The number of aliphatic hydroxyl groups excluding tert-OH is 1. The van der Waals surface area contributed by atoms with E-state index in [0.29, 0.717) is 17.6 Å². The van der Waals surface area contributed by atoms with Crippen molar-refractivity contribution in [1.82, 2.24) is 4.72 Å². The molecule has 1 heterocycles. The fraction of sp³-hybridized carbons (Fsp3) is 0.409. The summed E-state index contributed by atoms with van der Waals surface area (Å²) in [6.07, 6.45) is -0.370. The van der Waals surface area contributed by atoms with Crippen LogP contribution in [0, 0.1) is 11.3 Å². The van der Waals surface area contributed by atoms with Gasteiger partial charge in [0.2, 0.25) is 0 Å². The first kappa shape index (κ1) is 22.2. The van der Waals surface area contributed by atoms with E-state index < -0.39 is 16.1 Å². The molecular formula is C22H27N3O4S. The summed E-state index contributed by atoms with van der Waals surface area (Å²) in [4.78, 5) is 1.94. The third kappa shape index (κ3) is 4.99. The molecule has 1 unspecified atom stereocenters. The van der Waals surface area contributed by atoms with Gasteiger partial charge >= 0.3 is 0 Å². The summed E-state index contributed by atoms with van der Waals surface area (Å²) in [6.45, 7) is 6.40.